The van der Waals surface area contributed by atoms with E-state index < -0.39 is 0 Å². The number of hydrogen-bond acceptors (Lipinski definition) is 4. The molecule has 0 saturated carbocycles. The Bertz CT molecular complexity index is 540. The van der Waals surface area contributed by atoms with Gasteiger partial charge in [0.15, 0.2) is 0 Å². The molecule has 3 N–H and O–H groups in total. The molecule has 0 radical (unpaired) electrons. The van der Waals surface area contributed by atoms with Gasteiger partial charge in [-0.1, -0.05) is 0 Å². The third kappa shape index (κ3) is 2.48. The lowest BCUT2D eigenvalue weighted by Gasteiger charge is -2.10. The number of aromatic nitrogens is 2. The van der Waals surface area contributed by atoms with Crippen LogP contribution in [0.15, 0.2) is 32.6 Å². The van der Waals surface area contributed by atoms with E-state index >= 15 is 0 Å². The topological polar surface area (TPSA) is 54.7 Å². The predicted molar refractivity (Wildman–Crippen MR) is 79.7 cm³/mol. The van der Waals surface area contributed by atoms with Crippen molar-refractivity contribution in [1.29, 1.82) is 0 Å². The summed E-state index contributed by atoms with van der Waals surface area (Å²) in [5.41, 5.74) is 7.85. The van der Waals surface area contributed by atoms with Gasteiger partial charge < -0.3 is 5.73 Å². The highest BCUT2D eigenvalue weighted by molar-refractivity contribution is 9.10. The minimum atomic E-state index is 0.598. The van der Waals surface area contributed by atoms with Crippen LogP contribution in [-0.4, -0.2) is 22.7 Å². The summed E-state index contributed by atoms with van der Waals surface area (Å²) >= 11 is 7.07. The number of anilines is 1. The Morgan fingerprint density at radius 2 is 2.06 bits per heavy atom. The number of nitrogens with two attached hydrogens (primary N) is 1. The summed E-state index contributed by atoms with van der Waals surface area (Å²) in [4.78, 5) is 2.49. The van der Waals surface area contributed by atoms with Crippen molar-refractivity contribution in [3.8, 4) is 11.1 Å². The van der Waals surface area contributed by atoms with Gasteiger partial charge in [0, 0.05) is 19.8 Å². The molecule has 6 heteroatoms. The van der Waals surface area contributed by atoms with Gasteiger partial charge in [0.2, 0.25) is 0 Å². The molecule has 0 unspecified atom stereocenters. The van der Waals surface area contributed by atoms with E-state index in [1.54, 1.807) is 29.7 Å². The summed E-state index contributed by atoms with van der Waals surface area (Å²) in [7, 11) is 0. The molecule has 0 bridgehead atoms. The second-order valence-corrected chi connectivity index (χ2v) is 5.91. The zero-order valence-corrected chi connectivity index (χ0v) is 12.7. The normalized spacial score (nSPS) is 10.8. The van der Waals surface area contributed by atoms with Crippen LogP contribution in [0.25, 0.3) is 11.1 Å². The first-order valence-electron chi connectivity index (χ1n) is 4.88. The number of thioether (sulfide) groups is 2. The lowest BCUT2D eigenvalue weighted by Crippen LogP contribution is -1.89. The molecule has 90 valence electrons. The van der Waals surface area contributed by atoms with E-state index in [0.717, 1.165) is 15.6 Å². The third-order valence-corrected chi connectivity index (χ3v) is 5.04. The highest BCUT2D eigenvalue weighted by Gasteiger charge is 2.11. The highest BCUT2D eigenvalue weighted by Crippen LogP contribution is 2.39. The van der Waals surface area contributed by atoms with E-state index in [4.69, 9.17) is 5.73 Å². The van der Waals surface area contributed by atoms with Crippen LogP contribution < -0.4 is 5.73 Å². The van der Waals surface area contributed by atoms with Gasteiger partial charge in [-0.15, -0.1) is 23.5 Å². The van der Waals surface area contributed by atoms with Crippen LogP contribution in [-0.2, 0) is 0 Å². The third-order valence-electron chi connectivity index (χ3n) is 2.41. The fourth-order valence-corrected chi connectivity index (χ4v) is 4.23. The molecular formula is C11H12BrN3S2. The largest absolute Gasteiger partial charge is 0.384 e. The Kier molecular flexibility index (Phi) is 4.06. The molecule has 0 amide bonds. The van der Waals surface area contributed by atoms with Gasteiger partial charge in [0.1, 0.15) is 5.82 Å². The van der Waals surface area contributed by atoms with Crippen LogP contribution in [0.3, 0.4) is 0 Å². The number of aromatic amines is 1. The molecular weight excluding hydrogens is 318 g/mol. The van der Waals surface area contributed by atoms with Crippen molar-refractivity contribution in [2.75, 3.05) is 18.2 Å². The van der Waals surface area contributed by atoms with E-state index in [-0.39, 0.29) is 0 Å². The zero-order valence-electron chi connectivity index (χ0n) is 9.45. The number of rotatable bonds is 3. The van der Waals surface area contributed by atoms with Gasteiger partial charge in [-0.05, 0) is 46.1 Å². The van der Waals surface area contributed by atoms with Crippen molar-refractivity contribution in [3.05, 3.63) is 22.8 Å². The molecule has 0 atom stereocenters. The summed E-state index contributed by atoms with van der Waals surface area (Å²) in [5.74, 6) is 0.598. The number of hydrogen-bond donors (Lipinski definition) is 2. The Morgan fingerprint density at radius 3 is 2.59 bits per heavy atom. The number of nitrogens with one attached hydrogen (secondary N) is 1. The van der Waals surface area contributed by atoms with Crippen LogP contribution in [0, 0.1) is 0 Å². The molecule has 1 aromatic heterocycles. The van der Waals surface area contributed by atoms with Crippen molar-refractivity contribution in [2.45, 2.75) is 9.79 Å². The van der Waals surface area contributed by atoms with Crippen molar-refractivity contribution in [2.24, 2.45) is 0 Å². The molecule has 1 aromatic carbocycles. The molecule has 1 heterocycles. The van der Waals surface area contributed by atoms with Crippen LogP contribution in [0.4, 0.5) is 5.82 Å². The number of nitrogens with zero attached hydrogens (tertiary/aromatic N) is 1. The Labute approximate surface area is 117 Å². The maximum Gasteiger partial charge on any atom is 0.126 e. The number of halogens is 1. The Morgan fingerprint density at radius 1 is 1.29 bits per heavy atom. The van der Waals surface area contributed by atoms with Gasteiger partial charge in [-0.3, -0.25) is 5.10 Å². The minimum Gasteiger partial charge on any atom is -0.384 e. The van der Waals surface area contributed by atoms with Crippen molar-refractivity contribution in [1.82, 2.24) is 10.2 Å². The number of benzene rings is 1. The molecule has 0 aliphatic carbocycles. The summed E-state index contributed by atoms with van der Waals surface area (Å²) in [6, 6.07) is 4.22. The average molecular weight is 330 g/mol. The van der Waals surface area contributed by atoms with Crippen molar-refractivity contribution < 1.29 is 0 Å². The Hall–Kier alpha value is -0.590. The summed E-state index contributed by atoms with van der Waals surface area (Å²) in [6.07, 6.45) is 5.90. The quantitative estimate of drug-likeness (QED) is 0.839. The molecule has 3 nitrogen and oxygen atoms in total. The molecule has 2 rings (SSSR count). The van der Waals surface area contributed by atoms with Crippen LogP contribution in [0.5, 0.6) is 0 Å². The van der Waals surface area contributed by atoms with E-state index in [0.29, 0.717) is 5.82 Å². The predicted octanol–water partition coefficient (Wildman–Crippen LogP) is 3.87. The highest BCUT2D eigenvalue weighted by atomic mass is 79.9. The number of H-pyrrole nitrogens is 1. The first-order chi connectivity index (χ1) is 8.17. The molecule has 2 aromatic rings. The van der Waals surface area contributed by atoms with Gasteiger partial charge in [-0.25, -0.2) is 0 Å². The molecule has 17 heavy (non-hydrogen) atoms. The summed E-state index contributed by atoms with van der Waals surface area (Å²) in [5, 5.41) is 6.70. The lowest BCUT2D eigenvalue weighted by atomic mass is 10.1. The smallest absolute Gasteiger partial charge is 0.126 e. The van der Waals surface area contributed by atoms with E-state index in [1.165, 1.54) is 9.79 Å². The zero-order chi connectivity index (χ0) is 12.4. The monoisotopic (exact) mass is 329 g/mol. The Balaban J connectivity index is 2.58. The minimum absolute atomic E-state index is 0.598. The van der Waals surface area contributed by atoms with Gasteiger partial charge in [0.25, 0.3) is 0 Å². The van der Waals surface area contributed by atoms with Crippen molar-refractivity contribution >= 4 is 45.3 Å². The lowest BCUT2D eigenvalue weighted by molar-refractivity contribution is 1.10. The maximum absolute atomic E-state index is 5.84. The maximum atomic E-state index is 5.84. The molecule has 0 aliphatic rings. The first-order valence-corrected chi connectivity index (χ1v) is 8.12. The molecule has 0 aliphatic heterocycles. The van der Waals surface area contributed by atoms with Crippen LogP contribution in [0.1, 0.15) is 0 Å². The second-order valence-electron chi connectivity index (χ2n) is 3.39. The fourth-order valence-electron chi connectivity index (χ4n) is 1.60. The fraction of sp³-hybridized carbons (Fsp3) is 0.182. The SMILES string of the molecule is CSc1cc(-c2cn[nH]c2N)cc(Br)c1SC. The first kappa shape index (κ1) is 12.9. The average Bonchev–Trinajstić information content (AvgIpc) is 2.74. The standard InChI is InChI=1S/C11H12BrN3S2/c1-16-9-4-6(3-8(12)10(9)17-2)7-5-14-15-11(7)13/h3-5H,1-2H3,(H3,13,14,15). The second kappa shape index (κ2) is 5.37. The van der Waals surface area contributed by atoms with Gasteiger partial charge >= 0.3 is 0 Å². The molecule has 0 saturated heterocycles. The van der Waals surface area contributed by atoms with Gasteiger partial charge in [0.05, 0.1) is 6.20 Å². The van der Waals surface area contributed by atoms with Gasteiger partial charge in [-0.2, -0.15) is 5.10 Å². The molecule has 0 fully saturated rings. The van der Waals surface area contributed by atoms with E-state index in [1.807, 2.05) is 0 Å². The molecule has 0 spiro atoms. The van der Waals surface area contributed by atoms with Crippen LogP contribution in [0.2, 0.25) is 0 Å². The van der Waals surface area contributed by atoms with E-state index in [2.05, 4.69) is 50.8 Å². The van der Waals surface area contributed by atoms with Crippen LogP contribution >= 0.6 is 39.5 Å². The summed E-state index contributed by atoms with van der Waals surface area (Å²) < 4.78 is 1.09. The van der Waals surface area contributed by atoms with E-state index in [9.17, 15) is 0 Å². The number of nitrogen functional groups attached to an aromatic ring is 1. The van der Waals surface area contributed by atoms with Crippen molar-refractivity contribution in [3.63, 3.8) is 0 Å². The summed E-state index contributed by atoms with van der Waals surface area (Å²) in [6.45, 7) is 0.